The summed E-state index contributed by atoms with van der Waals surface area (Å²) >= 11 is 0. The second-order valence-electron chi connectivity index (χ2n) is 15.9. The van der Waals surface area contributed by atoms with Gasteiger partial charge in [-0.3, -0.25) is 0 Å². The lowest BCUT2D eigenvalue weighted by molar-refractivity contribution is -0.0325. The van der Waals surface area contributed by atoms with Gasteiger partial charge in [-0.2, -0.15) is 0 Å². The van der Waals surface area contributed by atoms with Gasteiger partial charge in [0, 0.05) is 10.8 Å². The summed E-state index contributed by atoms with van der Waals surface area (Å²) in [4.78, 5) is 0. The van der Waals surface area contributed by atoms with E-state index in [0.29, 0.717) is 11.8 Å². The van der Waals surface area contributed by atoms with Crippen LogP contribution in [0.15, 0.2) is 71.4 Å². The van der Waals surface area contributed by atoms with E-state index >= 15 is 0 Å². The van der Waals surface area contributed by atoms with Crippen molar-refractivity contribution in [2.45, 2.75) is 115 Å². The predicted molar refractivity (Wildman–Crippen MR) is 173 cm³/mol. The average Bonchev–Trinajstić information content (AvgIpc) is 2.79. The Morgan fingerprint density at radius 2 is 1.59 bits per heavy atom. The van der Waals surface area contributed by atoms with Crippen molar-refractivity contribution >= 4 is 5.57 Å². The molecule has 0 amide bonds. The third-order valence-electron chi connectivity index (χ3n) is 13.1. The molecular weight excluding hydrogens is 468 g/mol. The molecule has 0 heteroatoms. The van der Waals surface area contributed by atoms with Crippen LogP contribution in [0, 0.1) is 39.9 Å². The quantitative estimate of drug-likeness (QED) is 0.367. The van der Waals surface area contributed by atoms with Crippen LogP contribution in [0.25, 0.3) is 5.57 Å². The normalized spacial score (nSPS) is 33.2. The number of rotatable bonds is 4. The van der Waals surface area contributed by atoms with Crippen molar-refractivity contribution in [3.8, 4) is 0 Å². The van der Waals surface area contributed by atoms with Crippen LogP contribution >= 0.6 is 0 Å². The molecule has 0 saturated heterocycles. The summed E-state index contributed by atoms with van der Waals surface area (Å²) in [6, 6.07) is 6.98. The summed E-state index contributed by atoms with van der Waals surface area (Å²) in [5.41, 5.74) is 14.1. The van der Waals surface area contributed by atoms with E-state index < -0.39 is 0 Å². The summed E-state index contributed by atoms with van der Waals surface area (Å²) in [7, 11) is 0. The molecule has 5 atom stereocenters. The highest BCUT2D eigenvalue weighted by Gasteiger charge is 2.65. The van der Waals surface area contributed by atoms with E-state index in [1.807, 2.05) is 0 Å². The lowest BCUT2D eigenvalue weighted by atomic mass is 9.36. The van der Waals surface area contributed by atoms with E-state index in [4.69, 9.17) is 13.2 Å². The minimum Gasteiger partial charge on any atom is -0.0955 e. The molecular formula is C39H56. The van der Waals surface area contributed by atoms with Crippen molar-refractivity contribution in [2.24, 2.45) is 33.0 Å². The zero-order chi connectivity index (χ0) is 29.7. The number of aryl methyl sites for hydroxylation is 1. The Morgan fingerprint density at radius 3 is 2.13 bits per heavy atom. The van der Waals surface area contributed by atoms with Gasteiger partial charge in [0.25, 0.3) is 0 Å². The smallest absolute Gasteiger partial charge is 0.0196 e. The minimum absolute atomic E-state index is 0.00846. The van der Waals surface area contributed by atoms with Crippen molar-refractivity contribution in [3.05, 3.63) is 88.1 Å². The fraction of sp³-hybridized carbons (Fsp3) is 0.590. The summed E-state index contributed by atoms with van der Waals surface area (Å²) in [5, 5.41) is 0. The zero-order valence-corrected chi connectivity index (χ0v) is 27.6. The Labute approximate surface area is 241 Å². The molecule has 0 fully saturated rings. The Kier molecular flexibility index (Phi) is 6.87. The first-order chi connectivity index (χ1) is 17.7. The van der Waals surface area contributed by atoms with Gasteiger partial charge in [0.05, 0.1) is 0 Å². The van der Waals surface area contributed by atoms with Crippen LogP contribution in [0.3, 0.4) is 0 Å². The lowest BCUT2D eigenvalue weighted by Gasteiger charge is -2.67. The fourth-order valence-electron chi connectivity index (χ4n) is 9.27. The molecule has 39 heavy (non-hydrogen) atoms. The molecule has 0 nitrogen and oxygen atoms in total. The van der Waals surface area contributed by atoms with Crippen LogP contribution in [0.4, 0.5) is 0 Å². The lowest BCUT2D eigenvalue weighted by Crippen LogP contribution is -2.58. The van der Waals surface area contributed by atoms with Gasteiger partial charge in [0.2, 0.25) is 0 Å². The molecule has 0 N–H and O–H groups in total. The van der Waals surface area contributed by atoms with E-state index in [-0.39, 0.29) is 27.1 Å². The van der Waals surface area contributed by atoms with E-state index in [0.717, 1.165) is 12.0 Å². The molecule has 3 aliphatic carbocycles. The third kappa shape index (κ3) is 3.75. The summed E-state index contributed by atoms with van der Waals surface area (Å²) in [6.07, 6.45) is 3.47. The molecule has 0 bridgehead atoms. The molecule has 0 saturated carbocycles. The Balaban J connectivity index is 2.04. The second-order valence-corrected chi connectivity index (χ2v) is 15.9. The van der Waals surface area contributed by atoms with E-state index in [1.54, 1.807) is 0 Å². The Hall–Kier alpha value is -2.08. The van der Waals surface area contributed by atoms with Crippen molar-refractivity contribution in [1.82, 2.24) is 0 Å². The van der Waals surface area contributed by atoms with E-state index in [9.17, 15) is 0 Å². The van der Waals surface area contributed by atoms with Gasteiger partial charge in [0.1, 0.15) is 0 Å². The maximum atomic E-state index is 4.88. The number of benzene rings is 1. The van der Waals surface area contributed by atoms with E-state index in [1.165, 1.54) is 63.0 Å². The van der Waals surface area contributed by atoms with Gasteiger partial charge in [-0.25, -0.2) is 0 Å². The first kappa shape index (κ1) is 29.9. The highest BCUT2D eigenvalue weighted by Crippen LogP contribution is 2.75. The standard InChI is InChI=1S/C39H56/c1-23(2)32-25(4)22-37(14)29(8)38(15)31(20-21-36(12,13)35(9,10)11)30-19-17-18-24(3)33(30)26(5)34(38)28(7)39(37,16)27(32)6/h17-19,29,31H,1,5-6,20-22H2,2-4,7-16H3/t29-,31+,37-,38-,39+/m0/s1. The monoisotopic (exact) mass is 524 g/mol. The molecule has 0 aliphatic heterocycles. The molecule has 4 rings (SSSR count). The first-order valence-corrected chi connectivity index (χ1v) is 15.3. The van der Waals surface area contributed by atoms with Crippen LogP contribution in [-0.4, -0.2) is 0 Å². The SMILES string of the molecule is C=C(C)C1=C(C)C[C@@]2(C)[C@H](C)[C@]3(C)C(=C(C)[C@@]2(C)C1=C)C(=C)c1c(C)cccc1[C@H]3CCC(C)(C)C(C)(C)C. The van der Waals surface area contributed by atoms with Crippen LogP contribution in [0.1, 0.15) is 125 Å². The molecule has 1 aromatic rings. The molecule has 3 aliphatic rings. The average molecular weight is 525 g/mol. The van der Waals surface area contributed by atoms with Crippen LogP contribution in [0.2, 0.25) is 0 Å². The van der Waals surface area contributed by atoms with Crippen molar-refractivity contribution in [2.75, 3.05) is 0 Å². The molecule has 212 valence electrons. The van der Waals surface area contributed by atoms with E-state index in [2.05, 4.69) is 115 Å². The highest BCUT2D eigenvalue weighted by atomic mass is 14.7. The maximum Gasteiger partial charge on any atom is 0.0196 e. The van der Waals surface area contributed by atoms with Crippen molar-refractivity contribution in [1.29, 1.82) is 0 Å². The van der Waals surface area contributed by atoms with Gasteiger partial charge >= 0.3 is 0 Å². The highest BCUT2D eigenvalue weighted by molar-refractivity contribution is 5.87. The summed E-state index contributed by atoms with van der Waals surface area (Å²) in [5.74, 6) is 0.890. The van der Waals surface area contributed by atoms with Crippen LogP contribution in [0.5, 0.6) is 0 Å². The van der Waals surface area contributed by atoms with Gasteiger partial charge < -0.3 is 0 Å². The molecule has 0 spiro atoms. The maximum absolute atomic E-state index is 4.88. The van der Waals surface area contributed by atoms with Crippen molar-refractivity contribution < 1.29 is 0 Å². The third-order valence-corrected chi connectivity index (χ3v) is 13.1. The molecule has 0 heterocycles. The molecule has 0 radical (unpaired) electrons. The number of allylic oxidation sites excluding steroid dienone is 7. The Bertz CT molecular complexity index is 1330. The molecule has 0 aromatic heterocycles. The number of hydrogen-bond donors (Lipinski definition) is 0. The minimum atomic E-state index is -0.145. The first-order valence-electron chi connectivity index (χ1n) is 15.3. The zero-order valence-electron chi connectivity index (χ0n) is 27.6. The second kappa shape index (κ2) is 8.96. The predicted octanol–water partition coefficient (Wildman–Crippen LogP) is 11.8. The van der Waals surface area contributed by atoms with Gasteiger partial charge in [0.15, 0.2) is 0 Å². The van der Waals surface area contributed by atoms with Gasteiger partial charge in [-0.05, 0) is 114 Å². The topological polar surface area (TPSA) is 0 Å². The molecule has 1 aromatic carbocycles. The fourth-order valence-corrected chi connectivity index (χ4v) is 9.27. The molecule has 0 unspecified atom stereocenters. The van der Waals surface area contributed by atoms with Gasteiger partial charge in [-0.1, -0.05) is 117 Å². The van der Waals surface area contributed by atoms with Crippen LogP contribution in [-0.2, 0) is 0 Å². The van der Waals surface area contributed by atoms with Gasteiger partial charge in [-0.15, -0.1) is 0 Å². The summed E-state index contributed by atoms with van der Waals surface area (Å²) < 4.78 is 0. The largest absolute Gasteiger partial charge is 0.0955 e. The summed E-state index contributed by atoms with van der Waals surface area (Å²) in [6.45, 7) is 45.7. The number of hydrogen-bond acceptors (Lipinski definition) is 0. The van der Waals surface area contributed by atoms with Crippen LogP contribution < -0.4 is 0 Å². The Morgan fingerprint density at radius 1 is 1.00 bits per heavy atom. The van der Waals surface area contributed by atoms with Crippen molar-refractivity contribution in [3.63, 3.8) is 0 Å². The number of fused-ring (bicyclic) bond motifs is 3.